The number of oxime groups is 1. The molecule has 0 amide bonds. The molecule has 104 valence electrons. The molecule has 0 bridgehead atoms. The molecule has 3 N–H and O–H groups in total. The standard InChI is InChI=1S/C14H12ClFN2O2/c15-11-2-1-3-12(13(11)14(17)18-19)20-8-9-4-6-10(16)7-5-9/h1-7,19H,8H2,(H2,17,18). The van der Waals surface area contributed by atoms with E-state index in [1.165, 1.54) is 12.1 Å². The van der Waals surface area contributed by atoms with Gasteiger partial charge in [0.1, 0.15) is 18.2 Å². The molecule has 20 heavy (non-hydrogen) atoms. The summed E-state index contributed by atoms with van der Waals surface area (Å²) >= 11 is 6.00. The normalized spacial score (nSPS) is 11.4. The van der Waals surface area contributed by atoms with Crippen LogP contribution < -0.4 is 10.5 Å². The zero-order chi connectivity index (χ0) is 14.5. The predicted molar refractivity (Wildman–Crippen MR) is 74.7 cm³/mol. The van der Waals surface area contributed by atoms with Gasteiger partial charge in [-0.05, 0) is 29.8 Å². The van der Waals surface area contributed by atoms with Crippen molar-refractivity contribution in [2.45, 2.75) is 6.61 Å². The number of hydrogen-bond donors (Lipinski definition) is 2. The first kappa shape index (κ1) is 14.1. The van der Waals surface area contributed by atoms with Crippen molar-refractivity contribution in [3.8, 4) is 5.75 Å². The molecule has 0 aliphatic heterocycles. The fourth-order valence-electron chi connectivity index (χ4n) is 1.66. The van der Waals surface area contributed by atoms with Crippen LogP contribution in [0.2, 0.25) is 5.02 Å². The summed E-state index contributed by atoms with van der Waals surface area (Å²) in [7, 11) is 0. The zero-order valence-electron chi connectivity index (χ0n) is 10.4. The van der Waals surface area contributed by atoms with Gasteiger partial charge in [0.25, 0.3) is 0 Å². The van der Waals surface area contributed by atoms with Gasteiger partial charge in [-0.1, -0.05) is 35.0 Å². The van der Waals surface area contributed by atoms with Crippen molar-refractivity contribution in [2.24, 2.45) is 10.9 Å². The quantitative estimate of drug-likeness (QED) is 0.394. The molecule has 6 heteroatoms. The molecule has 4 nitrogen and oxygen atoms in total. The minimum absolute atomic E-state index is 0.135. The first-order valence-corrected chi connectivity index (χ1v) is 6.13. The summed E-state index contributed by atoms with van der Waals surface area (Å²) < 4.78 is 18.4. The van der Waals surface area contributed by atoms with E-state index in [9.17, 15) is 4.39 Å². The van der Waals surface area contributed by atoms with Crippen molar-refractivity contribution in [3.63, 3.8) is 0 Å². The SMILES string of the molecule is N/C(=N/O)c1c(Cl)cccc1OCc1ccc(F)cc1. The molecule has 0 saturated carbocycles. The van der Waals surface area contributed by atoms with Crippen LogP contribution in [0.5, 0.6) is 5.75 Å². The highest BCUT2D eigenvalue weighted by Gasteiger charge is 2.13. The summed E-state index contributed by atoms with van der Waals surface area (Å²) in [5, 5.41) is 12.0. The van der Waals surface area contributed by atoms with E-state index in [-0.39, 0.29) is 18.3 Å². The van der Waals surface area contributed by atoms with E-state index in [1.807, 2.05) is 0 Å². The minimum Gasteiger partial charge on any atom is -0.488 e. The van der Waals surface area contributed by atoms with Gasteiger partial charge in [0.15, 0.2) is 5.84 Å². The molecule has 2 rings (SSSR count). The number of benzene rings is 2. The van der Waals surface area contributed by atoms with Crippen LogP contribution in [0, 0.1) is 5.82 Å². The Morgan fingerprint density at radius 1 is 1.25 bits per heavy atom. The largest absolute Gasteiger partial charge is 0.488 e. The minimum atomic E-state index is -0.311. The molecule has 0 heterocycles. The average molecular weight is 295 g/mol. The highest BCUT2D eigenvalue weighted by molar-refractivity contribution is 6.34. The van der Waals surface area contributed by atoms with Crippen molar-refractivity contribution in [3.05, 3.63) is 64.4 Å². The number of halogens is 2. The van der Waals surface area contributed by atoms with Gasteiger partial charge in [0, 0.05) is 0 Å². The Morgan fingerprint density at radius 3 is 2.60 bits per heavy atom. The highest BCUT2D eigenvalue weighted by Crippen LogP contribution is 2.26. The molecule has 0 saturated heterocycles. The molecule has 0 aliphatic carbocycles. The Bertz CT molecular complexity index is 630. The van der Waals surface area contributed by atoms with Gasteiger partial charge in [0.2, 0.25) is 0 Å². The van der Waals surface area contributed by atoms with Gasteiger partial charge in [-0.15, -0.1) is 0 Å². The topological polar surface area (TPSA) is 67.8 Å². The van der Waals surface area contributed by atoms with E-state index in [4.69, 9.17) is 27.3 Å². The maximum Gasteiger partial charge on any atom is 0.175 e. The van der Waals surface area contributed by atoms with Gasteiger partial charge in [-0.2, -0.15) is 0 Å². The number of rotatable bonds is 4. The van der Waals surface area contributed by atoms with E-state index < -0.39 is 0 Å². The first-order chi connectivity index (χ1) is 9.61. The lowest BCUT2D eigenvalue weighted by atomic mass is 10.2. The summed E-state index contributed by atoms with van der Waals surface area (Å²) in [6.07, 6.45) is 0. The van der Waals surface area contributed by atoms with Crippen molar-refractivity contribution in [2.75, 3.05) is 0 Å². The maximum absolute atomic E-state index is 12.8. The van der Waals surface area contributed by atoms with Crippen LogP contribution in [0.4, 0.5) is 4.39 Å². The monoisotopic (exact) mass is 294 g/mol. The summed E-state index contributed by atoms with van der Waals surface area (Å²) in [4.78, 5) is 0. The van der Waals surface area contributed by atoms with Crippen LogP contribution in [0.1, 0.15) is 11.1 Å². The Balaban J connectivity index is 2.21. The summed E-state index contributed by atoms with van der Waals surface area (Å²) in [6, 6.07) is 10.9. The molecule has 0 unspecified atom stereocenters. The van der Waals surface area contributed by atoms with Gasteiger partial charge >= 0.3 is 0 Å². The van der Waals surface area contributed by atoms with E-state index in [0.717, 1.165) is 5.56 Å². The maximum atomic E-state index is 12.8. The Morgan fingerprint density at radius 2 is 1.95 bits per heavy atom. The fourth-order valence-corrected chi connectivity index (χ4v) is 1.93. The van der Waals surface area contributed by atoms with Gasteiger partial charge in [-0.25, -0.2) is 4.39 Å². The smallest absolute Gasteiger partial charge is 0.175 e. The fraction of sp³-hybridized carbons (Fsp3) is 0.0714. The average Bonchev–Trinajstić information content (AvgIpc) is 2.46. The molecule has 0 aliphatic rings. The van der Waals surface area contributed by atoms with Crippen molar-refractivity contribution in [1.82, 2.24) is 0 Å². The Labute approximate surface area is 120 Å². The molecule has 2 aromatic rings. The number of amidine groups is 1. The predicted octanol–water partition coefficient (Wildman–Crippen LogP) is 3.15. The third kappa shape index (κ3) is 3.19. The van der Waals surface area contributed by atoms with Crippen LogP contribution in [0.3, 0.4) is 0 Å². The second-order valence-corrected chi connectivity index (χ2v) is 4.42. The second kappa shape index (κ2) is 6.25. The van der Waals surface area contributed by atoms with Crippen LogP contribution in [0.15, 0.2) is 47.6 Å². The Hall–Kier alpha value is -2.27. The van der Waals surface area contributed by atoms with E-state index >= 15 is 0 Å². The molecule has 0 fully saturated rings. The Kier molecular flexibility index (Phi) is 4.42. The number of nitrogens with two attached hydrogens (primary N) is 1. The van der Waals surface area contributed by atoms with E-state index in [0.29, 0.717) is 16.3 Å². The van der Waals surface area contributed by atoms with Gasteiger partial charge in [0.05, 0.1) is 10.6 Å². The molecule has 0 radical (unpaired) electrons. The van der Waals surface area contributed by atoms with E-state index in [1.54, 1.807) is 30.3 Å². The number of ether oxygens (including phenoxy) is 1. The highest BCUT2D eigenvalue weighted by atomic mass is 35.5. The van der Waals surface area contributed by atoms with Crippen LogP contribution in [-0.2, 0) is 6.61 Å². The third-order valence-electron chi connectivity index (χ3n) is 2.65. The van der Waals surface area contributed by atoms with Crippen molar-refractivity contribution < 1.29 is 14.3 Å². The number of nitrogens with zero attached hydrogens (tertiary/aromatic N) is 1. The van der Waals surface area contributed by atoms with Crippen LogP contribution in [-0.4, -0.2) is 11.0 Å². The zero-order valence-corrected chi connectivity index (χ0v) is 11.1. The molecule has 2 aromatic carbocycles. The molecule has 0 aromatic heterocycles. The van der Waals surface area contributed by atoms with Crippen molar-refractivity contribution >= 4 is 17.4 Å². The summed E-state index contributed by atoms with van der Waals surface area (Å²) in [5.74, 6) is -0.0596. The molecule has 0 spiro atoms. The first-order valence-electron chi connectivity index (χ1n) is 5.75. The van der Waals surface area contributed by atoms with E-state index in [2.05, 4.69) is 5.16 Å². The lowest BCUT2D eigenvalue weighted by molar-refractivity contribution is 0.303. The number of hydrogen-bond acceptors (Lipinski definition) is 3. The third-order valence-corrected chi connectivity index (χ3v) is 2.96. The lowest BCUT2D eigenvalue weighted by Gasteiger charge is -2.12. The van der Waals surface area contributed by atoms with Crippen molar-refractivity contribution in [1.29, 1.82) is 0 Å². The van der Waals surface area contributed by atoms with Crippen LogP contribution >= 0.6 is 11.6 Å². The van der Waals surface area contributed by atoms with Gasteiger partial charge in [-0.3, -0.25) is 0 Å². The molecular formula is C14H12ClFN2O2. The summed E-state index contributed by atoms with van der Waals surface area (Å²) in [5.41, 5.74) is 6.68. The second-order valence-electron chi connectivity index (χ2n) is 4.01. The summed E-state index contributed by atoms with van der Waals surface area (Å²) in [6.45, 7) is 0.215. The van der Waals surface area contributed by atoms with Gasteiger partial charge < -0.3 is 15.7 Å². The lowest BCUT2D eigenvalue weighted by Crippen LogP contribution is -2.15. The molecular weight excluding hydrogens is 283 g/mol. The molecule has 0 atom stereocenters. The van der Waals surface area contributed by atoms with Crippen LogP contribution in [0.25, 0.3) is 0 Å².